The Hall–Kier alpha value is -1.93. The van der Waals surface area contributed by atoms with E-state index in [0.29, 0.717) is 43.2 Å². The summed E-state index contributed by atoms with van der Waals surface area (Å²) in [5.41, 5.74) is -0.216. The quantitative estimate of drug-likeness (QED) is 0.712. The summed E-state index contributed by atoms with van der Waals surface area (Å²) in [5.74, 6) is 0.220. The van der Waals surface area contributed by atoms with E-state index in [0.717, 1.165) is 5.75 Å². The molecule has 1 aliphatic heterocycles. The lowest BCUT2D eigenvalue weighted by Gasteiger charge is -2.37. The summed E-state index contributed by atoms with van der Waals surface area (Å²) in [6.07, 6.45) is 2.10. The van der Waals surface area contributed by atoms with E-state index >= 15 is 0 Å². The zero-order valence-electron chi connectivity index (χ0n) is 17.9. The minimum absolute atomic E-state index is 0.145. The molecule has 1 aliphatic rings. The summed E-state index contributed by atoms with van der Waals surface area (Å²) in [7, 11) is 0. The van der Waals surface area contributed by atoms with Gasteiger partial charge in [0.25, 0.3) is 5.91 Å². The number of carbonyl (C=O) groups excluding carboxylic acids is 3. The first-order valence-electron chi connectivity index (χ1n) is 9.93. The summed E-state index contributed by atoms with van der Waals surface area (Å²) in [4.78, 5) is 41.3. The lowest BCUT2D eigenvalue weighted by Crippen LogP contribution is -2.56. The molecule has 1 aromatic carbocycles. The van der Waals surface area contributed by atoms with Gasteiger partial charge < -0.3 is 19.9 Å². The zero-order valence-corrected chi connectivity index (χ0v) is 19.5. The van der Waals surface area contributed by atoms with Crippen LogP contribution in [0.15, 0.2) is 24.3 Å². The largest absolute Gasteiger partial charge is 0.444 e. The van der Waals surface area contributed by atoms with Crippen LogP contribution in [0.3, 0.4) is 0 Å². The number of benzene rings is 1. The fraction of sp³-hybridized carbons (Fsp3) is 0.571. The standard InChI is InChI=1S/C21H30ClN3O4S/c1-21(2,3)29-20(28)25-12-10-24(11-13-25)19(27)17(9-14-30-4)23-18(26)15-7-5-6-8-16(15)22/h5-8,17H,9-14H2,1-4H3,(H,23,26). The summed E-state index contributed by atoms with van der Waals surface area (Å²) < 4.78 is 5.40. The molecule has 0 radical (unpaired) electrons. The number of amides is 3. The highest BCUT2D eigenvalue weighted by Crippen LogP contribution is 2.17. The van der Waals surface area contributed by atoms with Crippen molar-refractivity contribution in [3.8, 4) is 0 Å². The molecule has 0 aliphatic carbocycles. The number of piperazine rings is 1. The van der Waals surface area contributed by atoms with Gasteiger partial charge in [0.05, 0.1) is 10.6 Å². The number of nitrogens with one attached hydrogen (secondary N) is 1. The number of ether oxygens (including phenoxy) is 1. The van der Waals surface area contributed by atoms with Gasteiger partial charge >= 0.3 is 6.09 Å². The van der Waals surface area contributed by atoms with Crippen molar-refractivity contribution >= 4 is 41.3 Å². The molecule has 0 bridgehead atoms. The Morgan fingerprint density at radius 3 is 2.30 bits per heavy atom. The van der Waals surface area contributed by atoms with Crippen LogP contribution in [0.4, 0.5) is 4.79 Å². The Kier molecular flexibility index (Phi) is 8.85. The van der Waals surface area contributed by atoms with Crippen LogP contribution in [0.1, 0.15) is 37.6 Å². The molecule has 1 aromatic rings. The average Bonchev–Trinajstić information content (AvgIpc) is 2.69. The van der Waals surface area contributed by atoms with E-state index < -0.39 is 11.6 Å². The highest BCUT2D eigenvalue weighted by atomic mass is 35.5. The summed E-state index contributed by atoms with van der Waals surface area (Å²) in [6, 6.07) is 6.11. The first-order valence-corrected chi connectivity index (χ1v) is 11.7. The van der Waals surface area contributed by atoms with E-state index in [2.05, 4.69) is 5.32 Å². The predicted molar refractivity (Wildman–Crippen MR) is 120 cm³/mol. The Bertz CT molecular complexity index is 761. The lowest BCUT2D eigenvalue weighted by atomic mass is 10.1. The first kappa shape index (κ1) is 24.3. The van der Waals surface area contributed by atoms with Crippen molar-refractivity contribution in [2.24, 2.45) is 0 Å². The molecule has 0 spiro atoms. The summed E-state index contributed by atoms with van der Waals surface area (Å²) in [5, 5.41) is 3.18. The molecule has 0 aromatic heterocycles. The van der Waals surface area contributed by atoms with Crippen molar-refractivity contribution in [2.45, 2.75) is 38.8 Å². The molecule has 30 heavy (non-hydrogen) atoms. The van der Waals surface area contributed by atoms with E-state index in [1.54, 1.807) is 45.8 Å². The van der Waals surface area contributed by atoms with Crippen LogP contribution in [0, 0.1) is 0 Å². The van der Waals surface area contributed by atoms with Crippen LogP contribution in [0.25, 0.3) is 0 Å². The van der Waals surface area contributed by atoms with Crippen LogP contribution < -0.4 is 5.32 Å². The maximum atomic E-state index is 13.1. The molecule has 166 valence electrons. The SMILES string of the molecule is CSCCC(NC(=O)c1ccccc1Cl)C(=O)N1CCN(C(=O)OC(C)(C)C)CC1. The maximum Gasteiger partial charge on any atom is 0.410 e. The third kappa shape index (κ3) is 7.09. The molecular weight excluding hydrogens is 426 g/mol. The minimum atomic E-state index is -0.644. The van der Waals surface area contributed by atoms with Crippen molar-refractivity contribution in [1.82, 2.24) is 15.1 Å². The number of rotatable bonds is 6. The number of hydrogen-bond acceptors (Lipinski definition) is 5. The van der Waals surface area contributed by atoms with Gasteiger partial charge in [-0.25, -0.2) is 4.79 Å². The zero-order chi connectivity index (χ0) is 22.3. The van der Waals surface area contributed by atoms with E-state index in [1.165, 1.54) is 0 Å². The predicted octanol–water partition coefficient (Wildman–Crippen LogP) is 3.27. The third-order valence-corrected chi connectivity index (χ3v) is 5.55. The second kappa shape index (κ2) is 10.9. The van der Waals surface area contributed by atoms with E-state index in [9.17, 15) is 14.4 Å². The molecule has 1 atom stereocenters. The van der Waals surface area contributed by atoms with Gasteiger partial charge in [-0.2, -0.15) is 11.8 Å². The van der Waals surface area contributed by atoms with Gasteiger partial charge in [0, 0.05) is 26.2 Å². The molecule has 0 saturated carbocycles. The van der Waals surface area contributed by atoms with Gasteiger partial charge in [0.15, 0.2) is 0 Å². The van der Waals surface area contributed by atoms with Crippen LogP contribution in [0.5, 0.6) is 0 Å². The number of halogens is 1. The molecule has 1 saturated heterocycles. The van der Waals surface area contributed by atoms with Gasteiger partial charge in [-0.1, -0.05) is 23.7 Å². The number of thioether (sulfide) groups is 1. The molecule has 9 heteroatoms. The number of nitrogens with zero attached hydrogens (tertiary/aromatic N) is 2. The fourth-order valence-electron chi connectivity index (χ4n) is 3.03. The molecular formula is C21H30ClN3O4S. The van der Waals surface area contributed by atoms with Gasteiger partial charge in [-0.15, -0.1) is 0 Å². The smallest absolute Gasteiger partial charge is 0.410 e. The topological polar surface area (TPSA) is 79.0 Å². The van der Waals surface area contributed by atoms with E-state index in [4.69, 9.17) is 16.3 Å². The van der Waals surface area contributed by atoms with Crippen molar-refractivity contribution in [3.05, 3.63) is 34.9 Å². The van der Waals surface area contributed by atoms with Gasteiger partial charge in [0.2, 0.25) is 5.91 Å². The second-order valence-electron chi connectivity index (χ2n) is 8.08. The molecule has 2 rings (SSSR count). The van der Waals surface area contributed by atoms with Gasteiger partial charge in [0.1, 0.15) is 11.6 Å². The second-order valence-corrected chi connectivity index (χ2v) is 9.47. The number of carbonyl (C=O) groups is 3. The van der Waals surface area contributed by atoms with E-state index in [1.807, 2.05) is 27.0 Å². The van der Waals surface area contributed by atoms with Crippen LogP contribution in [-0.2, 0) is 9.53 Å². The van der Waals surface area contributed by atoms with E-state index in [-0.39, 0.29) is 17.9 Å². The van der Waals surface area contributed by atoms with Crippen LogP contribution in [0.2, 0.25) is 5.02 Å². The lowest BCUT2D eigenvalue weighted by molar-refractivity contribution is -0.135. The summed E-state index contributed by atoms with van der Waals surface area (Å²) >= 11 is 7.73. The van der Waals surface area contributed by atoms with Crippen molar-refractivity contribution < 1.29 is 19.1 Å². The Labute approximate surface area is 187 Å². The van der Waals surface area contributed by atoms with Crippen molar-refractivity contribution in [1.29, 1.82) is 0 Å². The normalized spacial score (nSPS) is 15.5. The molecule has 7 nitrogen and oxygen atoms in total. The molecule has 1 fully saturated rings. The Balaban J connectivity index is 1.99. The van der Waals surface area contributed by atoms with Crippen molar-refractivity contribution in [2.75, 3.05) is 38.2 Å². The van der Waals surface area contributed by atoms with Crippen molar-refractivity contribution in [3.63, 3.8) is 0 Å². The molecule has 1 heterocycles. The minimum Gasteiger partial charge on any atom is -0.444 e. The van der Waals surface area contributed by atoms with Crippen LogP contribution >= 0.6 is 23.4 Å². The fourth-order valence-corrected chi connectivity index (χ4v) is 3.72. The number of hydrogen-bond donors (Lipinski definition) is 1. The monoisotopic (exact) mass is 455 g/mol. The molecule has 1 N–H and O–H groups in total. The third-order valence-electron chi connectivity index (χ3n) is 4.58. The molecule has 3 amide bonds. The van der Waals surface area contributed by atoms with Gasteiger partial charge in [-0.05, 0) is 51.3 Å². The highest BCUT2D eigenvalue weighted by molar-refractivity contribution is 7.98. The molecule has 1 unspecified atom stereocenters. The van der Waals surface area contributed by atoms with Crippen LogP contribution in [-0.4, -0.2) is 77.5 Å². The summed E-state index contributed by atoms with van der Waals surface area (Å²) in [6.45, 7) is 7.06. The Morgan fingerprint density at radius 1 is 1.13 bits per heavy atom. The first-order chi connectivity index (χ1) is 14.1. The average molecular weight is 456 g/mol. The van der Waals surface area contributed by atoms with Gasteiger partial charge in [-0.3, -0.25) is 9.59 Å². The maximum absolute atomic E-state index is 13.1. The highest BCUT2D eigenvalue weighted by Gasteiger charge is 2.31. The Morgan fingerprint density at radius 2 is 1.73 bits per heavy atom.